The number of hydrogen-bond donors (Lipinski definition) is 0. The maximum Gasteiger partial charge on any atom is 0.417 e. The van der Waals surface area contributed by atoms with Crippen LogP contribution in [0.2, 0.25) is 0 Å². The largest absolute Gasteiger partial charge is 0.463 e. The molecule has 46 heavy (non-hydrogen) atoms. The van der Waals surface area contributed by atoms with Crippen molar-refractivity contribution < 1.29 is 31.5 Å². The molecular weight excluding hydrogens is 604 g/mol. The number of nitriles is 1. The number of furan rings is 1. The summed E-state index contributed by atoms with van der Waals surface area (Å²) in [5, 5.41) is 10.4. The lowest BCUT2D eigenvalue weighted by atomic mass is 9.93. The number of piperazine rings is 1. The summed E-state index contributed by atoms with van der Waals surface area (Å²) in [7, 11) is 2.01. The molecule has 2 unspecified atom stereocenters. The second-order valence-electron chi connectivity index (χ2n) is 11.8. The van der Waals surface area contributed by atoms with Crippen LogP contribution in [0.15, 0.2) is 53.4 Å². The van der Waals surface area contributed by atoms with Gasteiger partial charge in [0.25, 0.3) is 5.91 Å². The Morgan fingerprint density at radius 3 is 2.65 bits per heavy atom. The third-order valence-corrected chi connectivity index (χ3v) is 8.81. The van der Waals surface area contributed by atoms with Gasteiger partial charge in [-0.3, -0.25) is 4.79 Å². The standard InChI is InChI=1S/C33H32F4N6O3/c1-19-6-7-23(26(15-19)33(35,36)37)25-16-27-28(29-24(25)9-14-45-29)30(40-32(39-27)46-18-22-5-4-11-41(22)3)42-12-13-43(31(44)20(2)34)21(17-42)8-10-38/h6-7,9,14-16,21-22H,2,4-5,8,11-13,17-18H2,1,3H3. The van der Waals surface area contributed by atoms with Crippen LogP contribution in [0.25, 0.3) is 33.0 Å². The van der Waals surface area contributed by atoms with Gasteiger partial charge < -0.3 is 23.9 Å². The number of aromatic nitrogens is 2. The molecule has 2 saturated heterocycles. The van der Waals surface area contributed by atoms with E-state index in [1.165, 1.54) is 17.2 Å². The van der Waals surface area contributed by atoms with Crippen molar-refractivity contribution in [3.63, 3.8) is 0 Å². The Bertz CT molecular complexity index is 1870. The van der Waals surface area contributed by atoms with E-state index in [0.29, 0.717) is 34.3 Å². The van der Waals surface area contributed by atoms with Gasteiger partial charge in [-0.25, -0.2) is 4.39 Å². The van der Waals surface area contributed by atoms with Crippen LogP contribution in [0.4, 0.5) is 23.4 Å². The number of amides is 1. The minimum atomic E-state index is -4.61. The highest BCUT2D eigenvalue weighted by Gasteiger charge is 2.36. The molecule has 0 bridgehead atoms. The van der Waals surface area contributed by atoms with Crippen molar-refractivity contribution in [1.29, 1.82) is 5.26 Å². The summed E-state index contributed by atoms with van der Waals surface area (Å²) in [6.07, 6.45) is -1.30. The van der Waals surface area contributed by atoms with E-state index in [0.717, 1.165) is 25.5 Å². The van der Waals surface area contributed by atoms with Crippen LogP contribution in [0.3, 0.4) is 0 Å². The van der Waals surface area contributed by atoms with Crippen LogP contribution in [0.1, 0.15) is 30.4 Å². The van der Waals surface area contributed by atoms with Gasteiger partial charge in [-0.05, 0) is 62.7 Å². The smallest absolute Gasteiger partial charge is 0.417 e. The van der Waals surface area contributed by atoms with Crippen molar-refractivity contribution in [3.05, 3.63) is 60.1 Å². The number of anilines is 1. The van der Waals surface area contributed by atoms with Crippen LogP contribution in [-0.2, 0) is 11.0 Å². The van der Waals surface area contributed by atoms with E-state index in [9.17, 15) is 27.6 Å². The first-order valence-electron chi connectivity index (χ1n) is 15.0. The van der Waals surface area contributed by atoms with Crippen LogP contribution in [-0.4, -0.2) is 77.6 Å². The second-order valence-corrected chi connectivity index (χ2v) is 11.8. The van der Waals surface area contributed by atoms with Gasteiger partial charge in [-0.15, -0.1) is 0 Å². The number of likely N-dealkylation sites (tertiary alicyclic amines) is 1. The van der Waals surface area contributed by atoms with Gasteiger partial charge in [-0.1, -0.05) is 24.3 Å². The van der Waals surface area contributed by atoms with Gasteiger partial charge in [0.05, 0.1) is 41.3 Å². The third kappa shape index (κ3) is 5.85. The number of carbonyl (C=O) groups excluding carboxylic acids is 1. The summed E-state index contributed by atoms with van der Waals surface area (Å²) in [5.74, 6) is -1.62. The number of hydrogen-bond acceptors (Lipinski definition) is 8. The first-order valence-corrected chi connectivity index (χ1v) is 15.0. The van der Waals surface area contributed by atoms with Gasteiger partial charge in [0.2, 0.25) is 0 Å². The number of ether oxygens (including phenoxy) is 1. The average molecular weight is 637 g/mol. The first kappa shape index (κ1) is 31.3. The fraction of sp³-hybridized carbons (Fsp3) is 0.394. The van der Waals surface area contributed by atoms with Gasteiger partial charge >= 0.3 is 12.2 Å². The topological polar surface area (TPSA) is 98.7 Å². The number of nitrogens with zero attached hydrogens (tertiary/aromatic N) is 6. The fourth-order valence-electron chi connectivity index (χ4n) is 6.45. The zero-order valence-electron chi connectivity index (χ0n) is 25.4. The molecule has 9 nitrogen and oxygen atoms in total. The molecule has 2 aromatic heterocycles. The number of alkyl halides is 3. The van der Waals surface area contributed by atoms with Crippen molar-refractivity contribution in [1.82, 2.24) is 19.8 Å². The predicted molar refractivity (Wildman–Crippen MR) is 164 cm³/mol. The molecule has 0 radical (unpaired) electrons. The molecule has 0 aliphatic carbocycles. The molecule has 0 saturated carbocycles. The van der Waals surface area contributed by atoms with Gasteiger partial charge in [0.15, 0.2) is 5.83 Å². The van der Waals surface area contributed by atoms with Crippen molar-refractivity contribution in [2.24, 2.45) is 0 Å². The average Bonchev–Trinajstić information content (AvgIpc) is 3.67. The van der Waals surface area contributed by atoms with E-state index in [-0.39, 0.29) is 54.8 Å². The molecule has 1 amide bonds. The molecule has 13 heteroatoms. The Balaban J connectivity index is 1.51. The molecule has 6 rings (SSSR count). The summed E-state index contributed by atoms with van der Waals surface area (Å²) in [6.45, 7) is 6.41. The Hall–Kier alpha value is -4.70. The lowest BCUT2D eigenvalue weighted by Crippen LogP contribution is -2.55. The summed E-state index contributed by atoms with van der Waals surface area (Å²) in [5.41, 5.74) is 0.546. The SMILES string of the molecule is C=C(F)C(=O)N1CCN(c2nc(OCC3CCCN3C)nc3cc(-c4ccc(C)cc4C(F)(F)F)c4ccoc4c23)CC1CC#N. The fourth-order valence-corrected chi connectivity index (χ4v) is 6.45. The number of aryl methyl sites for hydroxylation is 1. The highest BCUT2D eigenvalue weighted by molar-refractivity contribution is 6.14. The number of likely N-dealkylation sites (N-methyl/N-ethyl adjacent to an activating group) is 1. The van der Waals surface area contributed by atoms with Crippen molar-refractivity contribution in [2.45, 2.75) is 44.4 Å². The van der Waals surface area contributed by atoms with Crippen LogP contribution in [0, 0.1) is 18.3 Å². The summed E-state index contributed by atoms with van der Waals surface area (Å²) >= 11 is 0. The van der Waals surface area contributed by atoms with Crippen molar-refractivity contribution in [3.8, 4) is 23.2 Å². The minimum Gasteiger partial charge on any atom is -0.463 e. The number of fused-ring (bicyclic) bond motifs is 3. The molecule has 4 aromatic rings. The number of benzene rings is 2. The molecule has 240 valence electrons. The van der Waals surface area contributed by atoms with E-state index in [1.54, 1.807) is 25.1 Å². The van der Waals surface area contributed by atoms with E-state index in [1.807, 2.05) is 11.9 Å². The van der Waals surface area contributed by atoms with Gasteiger partial charge in [-0.2, -0.15) is 28.4 Å². The Kier molecular flexibility index (Phi) is 8.33. The monoisotopic (exact) mass is 636 g/mol. The van der Waals surface area contributed by atoms with Crippen molar-refractivity contribution >= 4 is 33.6 Å². The molecule has 2 fully saturated rings. The van der Waals surface area contributed by atoms with E-state index < -0.39 is 29.5 Å². The Morgan fingerprint density at radius 2 is 1.96 bits per heavy atom. The molecule has 0 N–H and O–H groups in total. The molecule has 2 aromatic carbocycles. The second kappa shape index (κ2) is 12.2. The molecule has 2 atom stereocenters. The van der Waals surface area contributed by atoms with Gasteiger partial charge in [0, 0.05) is 31.1 Å². The third-order valence-electron chi connectivity index (χ3n) is 8.81. The lowest BCUT2D eigenvalue weighted by molar-refractivity contribution is -0.137. The van der Waals surface area contributed by atoms with Gasteiger partial charge in [0.1, 0.15) is 18.0 Å². The van der Waals surface area contributed by atoms with Crippen LogP contribution < -0.4 is 9.64 Å². The molecule has 0 spiro atoms. The quantitative estimate of drug-likeness (QED) is 0.173. The predicted octanol–water partition coefficient (Wildman–Crippen LogP) is 6.26. The maximum atomic E-state index is 14.3. The summed E-state index contributed by atoms with van der Waals surface area (Å²) in [4.78, 5) is 27.3. The highest BCUT2D eigenvalue weighted by atomic mass is 19.4. The minimum absolute atomic E-state index is 0.0192. The Labute approximate surface area is 262 Å². The van der Waals surface area contributed by atoms with E-state index in [4.69, 9.17) is 14.1 Å². The molecule has 2 aliphatic rings. The molecule has 4 heterocycles. The van der Waals surface area contributed by atoms with Crippen molar-refractivity contribution in [2.75, 3.05) is 44.7 Å². The molecule has 2 aliphatic heterocycles. The first-order chi connectivity index (χ1) is 22.0. The van der Waals surface area contributed by atoms with E-state index in [2.05, 4.69) is 22.5 Å². The molecular formula is C33H32F4N6O3. The number of carbonyl (C=O) groups is 1. The number of halogens is 4. The zero-order valence-corrected chi connectivity index (χ0v) is 25.4. The van der Waals surface area contributed by atoms with Crippen LogP contribution >= 0.6 is 0 Å². The lowest BCUT2D eigenvalue weighted by Gasteiger charge is -2.41. The summed E-state index contributed by atoms with van der Waals surface area (Å²) in [6, 6.07) is 8.96. The zero-order chi connectivity index (χ0) is 32.7. The normalized spacial score (nSPS) is 19.2. The maximum absolute atomic E-state index is 14.3. The summed E-state index contributed by atoms with van der Waals surface area (Å²) < 4.78 is 68.7. The highest BCUT2D eigenvalue weighted by Crippen LogP contribution is 2.44. The van der Waals surface area contributed by atoms with Crippen LogP contribution in [0.5, 0.6) is 6.01 Å². The number of rotatable bonds is 7. The Morgan fingerprint density at radius 1 is 1.15 bits per heavy atom. The van der Waals surface area contributed by atoms with E-state index >= 15 is 0 Å².